The van der Waals surface area contributed by atoms with E-state index in [-0.39, 0.29) is 33.5 Å². The van der Waals surface area contributed by atoms with Gasteiger partial charge in [0.25, 0.3) is 0 Å². The van der Waals surface area contributed by atoms with Gasteiger partial charge in [0.15, 0.2) is 5.43 Å². The molecule has 0 fully saturated rings. The van der Waals surface area contributed by atoms with Gasteiger partial charge in [0, 0.05) is 17.7 Å². The van der Waals surface area contributed by atoms with Crippen molar-refractivity contribution in [2.75, 3.05) is 0 Å². The molecule has 0 saturated carbocycles. The highest BCUT2D eigenvalue weighted by atomic mass is 16.3. The van der Waals surface area contributed by atoms with Gasteiger partial charge in [0.1, 0.15) is 28.2 Å². The van der Waals surface area contributed by atoms with Crippen LogP contribution in [0.4, 0.5) is 0 Å². The summed E-state index contributed by atoms with van der Waals surface area (Å²) in [5.41, 5.74) is 3.03. The van der Waals surface area contributed by atoms with Crippen molar-refractivity contribution in [3.05, 3.63) is 75.5 Å². The van der Waals surface area contributed by atoms with Gasteiger partial charge in [-0.2, -0.15) is 0 Å². The Kier molecular flexibility index (Phi) is 5.69. The molecule has 4 nitrogen and oxygen atoms in total. The lowest BCUT2D eigenvalue weighted by Gasteiger charge is -2.09. The first kappa shape index (κ1) is 19.5. The fourth-order valence-electron chi connectivity index (χ4n) is 3.10. The maximum absolute atomic E-state index is 12.7. The summed E-state index contributed by atoms with van der Waals surface area (Å²) in [6.45, 7) is 6.02. The fourth-order valence-corrected chi connectivity index (χ4v) is 3.10. The van der Waals surface area contributed by atoms with Crippen LogP contribution in [0.15, 0.2) is 68.9 Å². The largest absolute Gasteiger partial charge is 0.507 e. The molecule has 1 aromatic heterocycles. The van der Waals surface area contributed by atoms with Gasteiger partial charge in [-0.1, -0.05) is 47.6 Å². The minimum absolute atomic E-state index is 0.0702. The van der Waals surface area contributed by atoms with E-state index in [1.165, 1.54) is 17.7 Å². The zero-order valence-electron chi connectivity index (χ0n) is 16.3. The summed E-state index contributed by atoms with van der Waals surface area (Å²) < 4.78 is 5.79. The van der Waals surface area contributed by atoms with Crippen LogP contribution in [0.25, 0.3) is 28.4 Å². The van der Waals surface area contributed by atoms with Crippen molar-refractivity contribution in [3.8, 4) is 22.8 Å². The highest BCUT2D eigenvalue weighted by Gasteiger charge is 2.17. The van der Waals surface area contributed by atoms with Crippen LogP contribution in [0.5, 0.6) is 11.5 Å². The summed E-state index contributed by atoms with van der Waals surface area (Å²) in [5.74, 6) is 0.00273. The highest BCUT2D eigenvalue weighted by Crippen LogP contribution is 2.37. The number of allylic oxidation sites excluding steroid dienone is 3. The number of phenols is 2. The van der Waals surface area contributed by atoms with Crippen LogP contribution in [0.3, 0.4) is 0 Å². The van der Waals surface area contributed by atoms with E-state index in [0.29, 0.717) is 5.76 Å². The van der Waals surface area contributed by atoms with E-state index in [1.807, 2.05) is 51.1 Å². The van der Waals surface area contributed by atoms with Gasteiger partial charge in [-0.15, -0.1) is 0 Å². The Labute approximate surface area is 164 Å². The van der Waals surface area contributed by atoms with Gasteiger partial charge in [-0.05, 0) is 39.7 Å². The van der Waals surface area contributed by atoms with E-state index in [2.05, 4.69) is 6.08 Å². The quantitative estimate of drug-likeness (QED) is 0.534. The Morgan fingerprint density at radius 1 is 1.07 bits per heavy atom. The molecular weight excluding hydrogens is 352 g/mol. The third kappa shape index (κ3) is 4.17. The van der Waals surface area contributed by atoms with E-state index >= 15 is 0 Å². The lowest BCUT2D eigenvalue weighted by molar-refractivity contribution is 0.450. The molecule has 0 spiro atoms. The molecule has 0 bridgehead atoms. The molecule has 0 unspecified atom stereocenters. The number of benzene rings is 2. The summed E-state index contributed by atoms with van der Waals surface area (Å²) in [6.07, 6.45) is 5.52. The zero-order valence-corrected chi connectivity index (χ0v) is 16.3. The smallest absolute Gasteiger partial charge is 0.197 e. The Balaban J connectivity index is 2.07. The molecule has 2 aromatic carbocycles. The van der Waals surface area contributed by atoms with Crippen LogP contribution < -0.4 is 5.43 Å². The standard InChI is InChI=1S/C24H24O4/c1-15(2)8-7-9-16(3)12-18-19(25)13-22-23(24(18)27)20(26)14-21(28-22)17-10-5-4-6-11-17/h4-6,8,10-14,25,27H,7,9H2,1-3H3/b16-12+. The highest BCUT2D eigenvalue weighted by molar-refractivity contribution is 5.91. The fraction of sp³-hybridized carbons (Fsp3) is 0.208. The molecule has 3 aromatic rings. The molecule has 0 radical (unpaired) electrons. The summed E-state index contributed by atoms with van der Waals surface area (Å²) in [4.78, 5) is 12.7. The summed E-state index contributed by atoms with van der Waals surface area (Å²) in [6, 6.07) is 12.0. The maximum Gasteiger partial charge on any atom is 0.197 e. The Morgan fingerprint density at radius 3 is 2.46 bits per heavy atom. The summed E-state index contributed by atoms with van der Waals surface area (Å²) >= 11 is 0. The number of aromatic hydroxyl groups is 2. The molecule has 4 heteroatoms. The molecule has 0 atom stereocenters. The molecule has 0 amide bonds. The molecule has 3 rings (SSSR count). The van der Waals surface area contributed by atoms with Crippen LogP contribution in [0.1, 0.15) is 39.2 Å². The van der Waals surface area contributed by atoms with Gasteiger partial charge in [0.2, 0.25) is 0 Å². The van der Waals surface area contributed by atoms with Gasteiger partial charge < -0.3 is 14.6 Å². The minimum atomic E-state index is -0.352. The summed E-state index contributed by atoms with van der Waals surface area (Å²) in [7, 11) is 0. The number of rotatable bonds is 5. The van der Waals surface area contributed by atoms with Crippen LogP contribution in [0, 0.1) is 0 Å². The van der Waals surface area contributed by atoms with Crippen LogP contribution >= 0.6 is 0 Å². The van der Waals surface area contributed by atoms with Gasteiger partial charge >= 0.3 is 0 Å². The molecular formula is C24H24O4. The first-order chi connectivity index (χ1) is 13.4. The predicted molar refractivity (Wildman–Crippen MR) is 114 cm³/mol. The second-order valence-corrected chi connectivity index (χ2v) is 7.18. The van der Waals surface area contributed by atoms with E-state index in [4.69, 9.17) is 4.42 Å². The number of fused-ring (bicyclic) bond motifs is 1. The molecule has 144 valence electrons. The monoisotopic (exact) mass is 376 g/mol. The van der Waals surface area contributed by atoms with E-state index in [9.17, 15) is 15.0 Å². The second-order valence-electron chi connectivity index (χ2n) is 7.18. The summed E-state index contributed by atoms with van der Waals surface area (Å²) in [5, 5.41) is 21.2. The third-order valence-corrected chi connectivity index (χ3v) is 4.55. The average molecular weight is 376 g/mol. The Hall–Kier alpha value is -3.27. The molecule has 1 heterocycles. The van der Waals surface area contributed by atoms with Crippen molar-refractivity contribution in [2.45, 2.75) is 33.6 Å². The van der Waals surface area contributed by atoms with Crippen LogP contribution in [-0.4, -0.2) is 10.2 Å². The van der Waals surface area contributed by atoms with Crippen LogP contribution in [0.2, 0.25) is 0 Å². The first-order valence-corrected chi connectivity index (χ1v) is 9.25. The van der Waals surface area contributed by atoms with Crippen molar-refractivity contribution in [3.63, 3.8) is 0 Å². The zero-order chi connectivity index (χ0) is 20.3. The number of phenolic OH excluding ortho intramolecular Hbond substituents is 2. The van der Waals surface area contributed by atoms with Crippen molar-refractivity contribution in [1.29, 1.82) is 0 Å². The number of hydrogen-bond acceptors (Lipinski definition) is 4. The van der Waals surface area contributed by atoms with Gasteiger partial charge in [-0.3, -0.25) is 4.79 Å². The van der Waals surface area contributed by atoms with Crippen molar-refractivity contribution in [2.24, 2.45) is 0 Å². The number of hydrogen-bond donors (Lipinski definition) is 2. The molecule has 0 saturated heterocycles. The Morgan fingerprint density at radius 2 is 1.79 bits per heavy atom. The van der Waals surface area contributed by atoms with E-state index in [1.54, 1.807) is 6.08 Å². The van der Waals surface area contributed by atoms with E-state index < -0.39 is 0 Å². The topological polar surface area (TPSA) is 70.7 Å². The third-order valence-electron chi connectivity index (χ3n) is 4.55. The van der Waals surface area contributed by atoms with Crippen LogP contribution in [-0.2, 0) is 0 Å². The lowest BCUT2D eigenvalue weighted by Crippen LogP contribution is -2.01. The maximum atomic E-state index is 12.7. The van der Waals surface area contributed by atoms with Crippen molar-refractivity contribution < 1.29 is 14.6 Å². The molecule has 2 N–H and O–H groups in total. The average Bonchev–Trinajstić information content (AvgIpc) is 2.65. The SMILES string of the molecule is CC(C)=CCC/C(C)=C/c1c(O)cc2oc(-c3ccccc3)cc(=O)c2c1O. The Bertz CT molecular complexity index is 1110. The molecule has 0 aliphatic rings. The van der Waals surface area contributed by atoms with Crippen molar-refractivity contribution in [1.82, 2.24) is 0 Å². The van der Waals surface area contributed by atoms with Gasteiger partial charge in [0.05, 0.1) is 5.56 Å². The first-order valence-electron chi connectivity index (χ1n) is 9.25. The minimum Gasteiger partial charge on any atom is -0.507 e. The van der Waals surface area contributed by atoms with Gasteiger partial charge in [-0.25, -0.2) is 0 Å². The lowest BCUT2D eigenvalue weighted by atomic mass is 10.0. The molecule has 0 aliphatic heterocycles. The predicted octanol–water partition coefficient (Wildman–Crippen LogP) is 6.02. The normalized spacial score (nSPS) is 11.6. The molecule has 0 aliphatic carbocycles. The second kappa shape index (κ2) is 8.17. The molecule has 28 heavy (non-hydrogen) atoms. The van der Waals surface area contributed by atoms with Crippen molar-refractivity contribution >= 4 is 17.0 Å². The van der Waals surface area contributed by atoms with E-state index in [0.717, 1.165) is 24.0 Å².